The minimum Gasteiger partial charge on any atom is -0.300 e. The highest BCUT2D eigenvalue weighted by Gasteiger charge is 2.27. The minimum atomic E-state index is -4.01. The molecule has 2 N–H and O–H groups in total. The molecule has 1 aromatic rings. The van der Waals surface area contributed by atoms with E-state index in [1.165, 1.54) is 11.5 Å². The monoisotopic (exact) mass is 282 g/mol. The standard InChI is InChI=1S/C7H14N4O4S2/c1-4-11-6(5(2)16(3,12)13)9-10-7(11)17(8,14)15/h5H,4H2,1-3H3,(H2,8,14,15). The minimum absolute atomic E-state index is 0.0685. The van der Waals surface area contributed by atoms with Crippen LogP contribution in [0.4, 0.5) is 0 Å². The van der Waals surface area contributed by atoms with Gasteiger partial charge in [-0.25, -0.2) is 22.0 Å². The molecule has 1 rings (SSSR count). The summed E-state index contributed by atoms with van der Waals surface area (Å²) in [7, 11) is -7.39. The summed E-state index contributed by atoms with van der Waals surface area (Å²) in [6.07, 6.45) is 1.04. The van der Waals surface area contributed by atoms with Crippen LogP contribution in [-0.4, -0.2) is 37.9 Å². The van der Waals surface area contributed by atoms with Crippen molar-refractivity contribution >= 4 is 19.9 Å². The molecule has 0 aromatic carbocycles. The number of sulfone groups is 1. The van der Waals surface area contributed by atoms with E-state index in [9.17, 15) is 16.8 Å². The molecule has 0 fully saturated rings. The molecule has 0 spiro atoms. The van der Waals surface area contributed by atoms with Gasteiger partial charge in [0.25, 0.3) is 15.2 Å². The molecule has 17 heavy (non-hydrogen) atoms. The zero-order chi connectivity index (χ0) is 13.4. The number of nitrogens with two attached hydrogens (primary N) is 1. The van der Waals surface area contributed by atoms with Crippen molar-refractivity contribution in [2.45, 2.75) is 30.8 Å². The predicted molar refractivity (Wildman–Crippen MR) is 60.3 cm³/mol. The van der Waals surface area contributed by atoms with Gasteiger partial charge in [0.15, 0.2) is 15.7 Å². The topological polar surface area (TPSA) is 125 Å². The molecule has 0 aliphatic heterocycles. The average molecular weight is 282 g/mol. The second-order valence-corrected chi connectivity index (χ2v) is 7.42. The third-order valence-corrected chi connectivity index (χ3v) is 4.63. The first-order valence-corrected chi connectivity index (χ1v) is 8.24. The fraction of sp³-hybridized carbons (Fsp3) is 0.714. The Morgan fingerprint density at radius 1 is 1.29 bits per heavy atom. The maximum absolute atomic E-state index is 11.4. The lowest BCUT2D eigenvalue weighted by Gasteiger charge is -2.10. The molecule has 0 saturated carbocycles. The van der Waals surface area contributed by atoms with Crippen LogP contribution in [0.1, 0.15) is 24.9 Å². The van der Waals surface area contributed by atoms with Crippen LogP contribution in [0.5, 0.6) is 0 Å². The highest BCUT2D eigenvalue weighted by atomic mass is 32.2. The summed E-state index contributed by atoms with van der Waals surface area (Å²) in [4.78, 5) is 0. The number of rotatable bonds is 4. The second-order valence-electron chi connectivity index (χ2n) is 3.60. The Kier molecular flexibility index (Phi) is 3.60. The van der Waals surface area contributed by atoms with Gasteiger partial charge in [0.1, 0.15) is 5.25 Å². The van der Waals surface area contributed by atoms with Crippen LogP contribution in [0.2, 0.25) is 0 Å². The third-order valence-electron chi connectivity index (χ3n) is 2.32. The summed E-state index contributed by atoms with van der Waals surface area (Å²) in [5, 5.41) is 10.6. The Labute approximate surface area is 99.8 Å². The number of primary sulfonamides is 1. The van der Waals surface area contributed by atoms with Gasteiger partial charge < -0.3 is 0 Å². The molecule has 0 aliphatic rings. The molecule has 0 bridgehead atoms. The molecule has 1 atom stereocenters. The molecular formula is C7H14N4O4S2. The van der Waals surface area contributed by atoms with E-state index in [-0.39, 0.29) is 12.4 Å². The molecule has 0 saturated heterocycles. The van der Waals surface area contributed by atoms with E-state index in [2.05, 4.69) is 10.2 Å². The molecule has 8 nitrogen and oxygen atoms in total. The Morgan fingerprint density at radius 3 is 2.18 bits per heavy atom. The molecule has 98 valence electrons. The smallest absolute Gasteiger partial charge is 0.273 e. The Morgan fingerprint density at radius 2 is 1.82 bits per heavy atom. The van der Waals surface area contributed by atoms with Crippen LogP contribution in [0.25, 0.3) is 0 Å². The Bertz CT molecular complexity index is 616. The predicted octanol–water partition coefficient (Wildman–Crippen LogP) is -0.949. The number of hydrogen-bond donors (Lipinski definition) is 1. The molecule has 0 radical (unpaired) electrons. The van der Waals surface area contributed by atoms with E-state index in [0.29, 0.717) is 0 Å². The summed E-state index contributed by atoms with van der Waals surface area (Å²) in [5.74, 6) is 0.0685. The van der Waals surface area contributed by atoms with E-state index in [0.717, 1.165) is 6.26 Å². The van der Waals surface area contributed by atoms with Crippen LogP contribution >= 0.6 is 0 Å². The van der Waals surface area contributed by atoms with Gasteiger partial charge in [0, 0.05) is 12.8 Å². The van der Waals surface area contributed by atoms with Crippen LogP contribution in [0, 0.1) is 0 Å². The van der Waals surface area contributed by atoms with E-state index < -0.39 is 30.3 Å². The van der Waals surface area contributed by atoms with E-state index >= 15 is 0 Å². The van der Waals surface area contributed by atoms with Crippen LogP contribution in [0.3, 0.4) is 0 Å². The summed E-state index contributed by atoms with van der Waals surface area (Å²) < 4.78 is 46.4. The average Bonchev–Trinajstić information content (AvgIpc) is 2.57. The van der Waals surface area contributed by atoms with Crippen molar-refractivity contribution < 1.29 is 16.8 Å². The first kappa shape index (κ1) is 14.1. The quantitative estimate of drug-likeness (QED) is 0.759. The molecule has 0 amide bonds. The maximum atomic E-state index is 11.4. The fourth-order valence-electron chi connectivity index (χ4n) is 1.30. The van der Waals surface area contributed by atoms with Gasteiger partial charge in [0.2, 0.25) is 0 Å². The zero-order valence-corrected chi connectivity index (χ0v) is 11.3. The second kappa shape index (κ2) is 4.35. The molecule has 0 aliphatic carbocycles. The highest BCUT2D eigenvalue weighted by Crippen LogP contribution is 2.21. The van der Waals surface area contributed by atoms with Gasteiger partial charge in [-0.05, 0) is 13.8 Å². The van der Waals surface area contributed by atoms with Crippen LogP contribution in [0.15, 0.2) is 5.16 Å². The van der Waals surface area contributed by atoms with Crippen molar-refractivity contribution in [1.82, 2.24) is 14.8 Å². The highest BCUT2D eigenvalue weighted by molar-refractivity contribution is 7.90. The first-order valence-electron chi connectivity index (χ1n) is 4.73. The van der Waals surface area contributed by atoms with Crippen molar-refractivity contribution in [2.24, 2.45) is 5.14 Å². The van der Waals surface area contributed by atoms with Gasteiger partial charge in [-0.3, -0.25) is 4.57 Å². The third kappa shape index (κ3) is 2.82. The zero-order valence-electron chi connectivity index (χ0n) is 9.65. The SMILES string of the molecule is CCn1c(C(C)S(C)(=O)=O)nnc1S(N)(=O)=O. The Hall–Kier alpha value is -1.00. The van der Waals surface area contributed by atoms with Crippen LogP contribution in [-0.2, 0) is 26.4 Å². The van der Waals surface area contributed by atoms with Crippen LogP contribution < -0.4 is 5.14 Å². The van der Waals surface area contributed by atoms with Crippen molar-refractivity contribution in [3.63, 3.8) is 0 Å². The lowest BCUT2D eigenvalue weighted by Crippen LogP contribution is -2.20. The molecule has 1 heterocycles. The van der Waals surface area contributed by atoms with Crippen molar-refractivity contribution in [2.75, 3.05) is 6.26 Å². The molecule has 1 unspecified atom stereocenters. The van der Waals surface area contributed by atoms with Gasteiger partial charge in [-0.15, -0.1) is 10.2 Å². The largest absolute Gasteiger partial charge is 0.300 e. The van der Waals surface area contributed by atoms with Crippen molar-refractivity contribution in [3.8, 4) is 0 Å². The number of sulfonamides is 1. The van der Waals surface area contributed by atoms with E-state index in [1.54, 1.807) is 6.92 Å². The molecular weight excluding hydrogens is 268 g/mol. The first-order chi connectivity index (χ1) is 7.59. The number of nitrogens with zero attached hydrogens (tertiary/aromatic N) is 3. The van der Waals surface area contributed by atoms with Crippen molar-refractivity contribution in [3.05, 3.63) is 5.82 Å². The summed E-state index contributed by atoms with van der Waals surface area (Å²) >= 11 is 0. The summed E-state index contributed by atoms with van der Waals surface area (Å²) in [6.45, 7) is 3.28. The van der Waals surface area contributed by atoms with Gasteiger partial charge in [0.05, 0.1) is 0 Å². The molecule has 10 heteroatoms. The van der Waals surface area contributed by atoms with Gasteiger partial charge >= 0.3 is 0 Å². The fourth-order valence-corrected chi connectivity index (χ4v) is 2.54. The number of aromatic nitrogens is 3. The van der Waals surface area contributed by atoms with E-state index in [4.69, 9.17) is 5.14 Å². The maximum Gasteiger partial charge on any atom is 0.273 e. The summed E-state index contributed by atoms with van der Waals surface area (Å²) in [6, 6.07) is 0. The summed E-state index contributed by atoms with van der Waals surface area (Å²) in [5.41, 5.74) is 0. The molecule has 1 aromatic heterocycles. The normalized spacial score (nSPS) is 14.8. The van der Waals surface area contributed by atoms with E-state index in [1.807, 2.05) is 0 Å². The lowest BCUT2D eigenvalue weighted by molar-refractivity contribution is 0.556. The lowest BCUT2D eigenvalue weighted by atomic mass is 10.4. The number of hydrogen-bond acceptors (Lipinski definition) is 6. The van der Waals surface area contributed by atoms with Gasteiger partial charge in [-0.2, -0.15) is 0 Å². The van der Waals surface area contributed by atoms with Gasteiger partial charge in [-0.1, -0.05) is 0 Å². The Balaban J connectivity index is 3.45. The van der Waals surface area contributed by atoms with Crippen molar-refractivity contribution in [1.29, 1.82) is 0 Å².